The molecule has 4 N–H and O–H groups in total. The van der Waals surface area contributed by atoms with Gasteiger partial charge in [0.2, 0.25) is 0 Å². The zero-order valence-corrected chi connectivity index (χ0v) is 9.59. The predicted octanol–water partition coefficient (Wildman–Crippen LogP) is 2.20. The van der Waals surface area contributed by atoms with Crippen molar-refractivity contribution in [3.63, 3.8) is 0 Å². The smallest absolute Gasteiger partial charge is 0.159 e. The maximum atomic E-state index is 13.7. The lowest BCUT2D eigenvalue weighted by molar-refractivity contribution is 0.546. The molecule has 1 aliphatic rings. The molecule has 0 fully saturated rings. The minimum absolute atomic E-state index is 0.329. The number of anilines is 1. The number of thioether (sulfide) groups is 1. The van der Waals surface area contributed by atoms with Crippen molar-refractivity contribution >= 4 is 22.6 Å². The molecule has 1 aromatic rings. The van der Waals surface area contributed by atoms with E-state index < -0.39 is 5.54 Å². The lowest BCUT2D eigenvalue weighted by atomic mass is 9.92. The van der Waals surface area contributed by atoms with Crippen LogP contribution in [0.1, 0.15) is 12.5 Å². The monoisotopic (exact) mass is 237 g/mol. The van der Waals surface area contributed by atoms with Crippen molar-refractivity contribution in [1.29, 1.82) is 0 Å². The highest BCUT2D eigenvalue weighted by Crippen LogP contribution is 2.34. The van der Waals surface area contributed by atoms with Crippen LogP contribution in [0.15, 0.2) is 34.7 Å². The molecule has 0 aromatic heterocycles. The van der Waals surface area contributed by atoms with E-state index in [1.165, 1.54) is 23.9 Å². The largest absolute Gasteiger partial charge is 0.399 e. The lowest BCUT2D eigenvalue weighted by Gasteiger charge is -2.25. The van der Waals surface area contributed by atoms with Gasteiger partial charge >= 0.3 is 0 Å². The standard InChI is InChI=1S/C11H12FN3S/c1-11(4-5-16-10(14)15-11)8-6-7(13)2-3-9(8)12/h2-6H,13H2,1H3,(H2,14,15)/t11-/m0/s1. The van der Waals surface area contributed by atoms with Gasteiger partial charge in [0.1, 0.15) is 11.4 Å². The summed E-state index contributed by atoms with van der Waals surface area (Å²) >= 11 is 1.32. The fraction of sp³-hybridized carbons (Fsp3) is 0.182. The number of hydrogen-bond acceptors (Lipinski definition) is 4. The first-order chi connectivity index (χ1) is 7.51. The molecule has 1 heterocycles. The summed E-state index contributed by atoms with van der Waals surface area (Å²) < 4.78 is 13.7. The van der Waals surface area contributed by atoms with Gasteiger partial charge in [-0.1, -0.05) is 11.8 Å². The maximum Gasteiger partial charge on any atom is 0.159 e. The Morgan fingerprint density at radius 2 is 2.12 bits per heavy atom. The first kappa shape index (κ1) is 11.0. The number of amidine groups is 1. The molecule has 1 aromatic carbocycles. The zero-order chi connectivity index (χ0) is 11.8. The second kappa shape index (κ2) is 3.83. The number of aliphatic imine (C=N–C) groups is 1. The predicted molar refractivity (Wildman–Crippen MR) is 66.5 cm³/mol. The summed E-state index contributed by atoms with van der Waals surface area (Å²) in [4.78, 5) is 4.26. The lowest BCUT2D eigenvalue weighted by Crippen LogP contribution is -2.24. The Balaban J connectivity index is 2.54. The molecular formula is C11H12FN3S. The first-order valence-electron chi connectivity index (χ1n) is 4.76. The van der Waals surface area contributed by atoms with Gasteiger partial charge in [-0.2, -0.15) is 0 Å². The summed E-state index contributed by atoms with van der Waals surface area (Å²) in [6, 6.07) is 4.46. The summed E-state index contributed by atoms with van der Waals surface area (Å²) in [5, 5.41) is 2.23. The third kappa shape index (κ3) is 1.90. The Morgan fingerprint density at radius 1 is 1.38 bits per heavy atom. The van der Waals surface area contributed by atoms with E-state index in [-0.39, 0.29) is 5.82 Å². The van der Waals surface area contributed by atoms with Gasteiger partial charge in [0, 0.05) is 11.3 Å². The van der Waals surface area contributed by atoms with Crippen molar-refractivity contribution in [3.05, 3.63) is 41.1 Å². The van der Waals surface area contributed by atoms with Gasteiger partial charge in [-0.05, 0) is 36.6 Å². The van der Waals surface area contributed by atoms with Crippen molar-refractivity contribution in [2.45, 2.75) is 12.5 Å². The third-order valence-corrected chi connectivity index (χ3v) is 3.06. The number of benzene rings is 1. The van der Waals surface area contributed by atoms with Crippen molar-refractivity contribution in [2.24, 2.45) is 10.7 Å². The van der Waals surface area contributed by atoms with Gasteiger partial charge in [-0.3, -0.25) is 0 Å². The molecule has 0 saturated heterocycles. The summed E-state index contributed by atoms with van der Waals surface area (Å²) in [5.74, 6) is -0.329. The number of nitrogens with zero attached hydrogens (tertiary/aromatic N) is 1. The van der Waals surface area contributed by atoms with Crippen molar-refractivity contribution in [2.75, 3.05) is 5.73 Å². The Kier molecular flexibility index (Phi) is 2.63. The highest BCUT2D eigenvalue weighted by molar-refractivity contribution is 8.16. The van der Waals surface area contributed by atoms with Gasteiger partial charge in [0.25, 0.3) is 0 Å². The quantitative estimate of drug-likeness (QED) is 0.736. The van der Waals surface area contributed by atoms with Crippen LogP contribution in [-0.2, 0) is 5.54 Å². The van der Waals surface area contributed by atoms with E-state index in [4.69, 9.17) is 11.5 Å². The molecule has 0 radical (unpaired) electrons. The molecule has 84 valence electrons. The third-order valence-electron chi connectivity index (χ3n) is 2.46. The molecule has 0 amide bonds. The second-order valence-corrected chi connectivity index (χ2v) is 4.68. The summed E-state index contributed by atoms with van der Waals surface area (Å²) in [6.45, 7) is 1.80. The number of rotatable bonds is 1. The Labute approximate surface area is 97.4 Å². The van der Waals surface area contributed by atoms with Crippen LogP contribution < -0.4 is 11.5 Å². The Bertz CT molecular complexity index is 484. The fourth-order valence-corrected chi connectivity index (χ4v) is 2.32. The molecule has 0 spiro atoms. The average Bonchev–Trinajstić information content (AvgIpc) is 2.21. The van der Waals surface area contributed by atoms with Crippen LogP contribution in [0.4, 0.5) is 10.1 Å². The molecule has 0 unspecified atom stereocenters. The van der Waals surface area contributed by atoms with Crippen molar-refractivity contribution in [1.82, 2.24) is 0 Å². The van der Waals surface area contributed by atoms with E-state index in [9.17, 15) is 4.39 Å². The fourth-order valence-electron chi connectivity index (χ4n) is 1.61. The minimum atomic E-state index is -0.769. The normalized spacial score (nSPS) is 24.2. The summed E-state index contributed by atoms with van der Waals surface area (Å²) in [5.41, 5.74) is 11.5. The first-order valence-corrected chi connectivity index (χ1v) is 5.64. The second-order valence-electron chi connectivity index (χ2n) is 3.76. The topological polar surface area (TPSA) is 64.4 Å². The summed E-state index contributed by atoms with van der Waals surface area (Å²) in [6.07, 6.45) is 1.81. The van der Waals surface area contributed by atoms with E-state index in [2.05, 4.69) is 4.99 Å². The van der Waals surface area contributed by atoms with Crippen LogP contribution >= 0.6 is 11.8 Å². The molecule has 2 rings (SSSR count). The number of nitrogens with two attached hydrogens (primary N) is 2. The molecule has 0 bridgehead atoms. The molecule has 3 nitrogen and oxygen atoms in total. The van der Waals surface area contributed by atoms with Crippen molar-refractivity contribution < 1.29 is 4.39 Å². The molecule has 1 aliphatic heterocycles. The molecular weight excluding hydrogens is 225 g/mol. The zero-order valence-electron chi connectivity index (χ0n) is 8.77. The van der Waals surface area contributed by atoms with Crippen LogP contribution in [-0.4, -0.2) is 5.17 Å². The van der Waals surface area contributed by atoms with E-state index >= 15 is 0 Å². The molecule has 1 atom stereocenters. The molecule has 16 heavy (non-hydrogen) atoms. The molecule has 0 saturated carbocycles. The minimum Gasteiger partial charge on any atom is -0.399 e. The van der Waals surface area contributed by atoms with Crippen LogP contribution in [0, 0.1) is 5.82 Å². The van der Waals surface area contributed by atoms with Crippen molar-refractivity contribution in [3.8, 4) is 0 Å². The highest BCUT2D eigenvalue weighted by Gasteiger charge is 2.28. The van der Waals surface area contributed by atoms with Crippen LogP contribution in [0.25, 0.3) is 0 Å². The van der Waals surface area contributed by atoms with Gasteiger partial charge in [0.15, 0.2) is 5.17 Å². The molecule has 5 heteroatoms. The van der Waals surface area contributed by atoms with Crippen LogP contribution in [0.2, 0.25) is 0 Å². The average molecular weight is 237 g/mol. The number of hydrogen-bond donors (Lipinski definition) is 2. The van der Waals surface area contributed by atoms with Crippen LogP contribution in [0.3, 0.4) is 0 Å². The van der Waals surface area contributed by atoms with E-state index in [0.717, 1.165) is 0 Å². The van der Waals surface area contributed by atoms with Crippen LogP contribution in [0.5, 0.6) is 0 Å². The van der Waals surface area contributed by atoms with Gasteiger partial charge in [-0.15, -0.1) is 0 Å². The highest BCUT2D eigenvalue weighted by atomic mass is 32.2. The summed E-state index contributed by atoms with van der Waals surface area (Å²) in [7, 11) is 0. The van der Waals surface area contributed by atoms with E-state index in [1.54, 1.807) is 13.0 Å². The number of halogens is 1. The Morgan fingerprint density at radius 3 is 2.81 bits per heavy atom. The van der Waals surface area contributed by atoms with Gasteiger partial charge in [0.05, 0.1) is 0 Å². The SMILES string of the molecule is C[C@@]1(c2cc(N)ccc2F)C=CSC(N)=N1. The van der Waals surface area contributed by atoms with Gasteiger partial charge < -0.3 is 11.5 Å². The van der Waals surface area contributed by atoms with E-state index in [1.807, 2.05) is 11.5 Å². The Hall–Kier alpha value is -1.49. The van der Waals surface area contributed by atoms with E-state index in [0.29, 0.717) is 16.4 Å². The van der Waals surface area contributed by atoms with Gasteiger partial charge in [-0.25, -0.2) is 9.38 Å². The molecule has 0 aliphatic carbocycles. The maximum absolute atomic E-state index is 13.7. The number of nitrogen functional groups attached to an aromatic ring is 1.